The first-order chi connectivity index (χ1) is 15.9. The Morgan fingerprint density at radius 2 is 2.03 bits per heavy atom. The second kappa shape index (κ2) is 8.82. The van der Waals surface area contributed by atoms with Crippen molar-refractivity contribution >= 4 is 22.4 Å². The van der Waals surface area contributed by atoms with E-state index in [4.69, 9.17) is 5.73 Å². The standard InChI is InChI=1S/C27H31FN4O/c1-16-9-18(11-20(29)10-16)22-5-7-30-14-19(22)12-26(33)23-3-4-25(28)24-13-21(15-31-27(23)24)32-8-6-17(32)2/h3-5,7,13-18,20H,6,8-12,29H2,1-2H3/t16-,17-,18+,20-/m0/s1. The van der Waals surface area contributed by atoms with Crippen molar-refractivity contribution in [3.63, 3.8) is 0 Å². The van der Waals surface area contributed by atoms with Crippen LogP contribution in [0.3, 0.4) is 0 Å². The molecule has 0 radical (unpaired) electrons. The molecule has 2 fully saturated rings. The molecule has 6 heteroatoms. The zero-order valence-corrected chi connectivity index (χ0v) is 19.3. The molecule has 1 saturated carbocycles. The van der Waals surface area contributed by atoms with Gasteiger partial charge < -0.3 is 10.6 Å². The van der Waals surface area contributed by atoms with Crippen molar-refractivity contribution in [3.05, 3.63) is 65.4 Å². The minimum Gasteiger partial charge on any atom is -0.367 e. The van der Waals surface area contributed by atoms with Gasteiger partial charge in [-0.25, -0.2) is 4.39 Å². The summed E-state index contributed by atoms with van der Waals surface area (Å²) in [6.07, 6.45) is 9.72. The lowest BCUT2D eigenvalue weighted by molar-refractivity contribution is 0.0994. The number of pyridine rings is 2. The lowest BCUT2D eigenvalue weighted by Crippen LogP contribution is -2.45. The van der Waals surface area contributed by atoms with E-state index in [0.29, 0.717) is 34.3 Å². The van der Waals surface area contributed by atoms with Gasteiger partial charge in [-0.05, 0) is 79.8 Å². The van der Waals surface area contributed by atoms with Gasteiger partial charge in [0.1, 0.15) is 5.82 Å². The molecular weight excluding hydrogens is 415 g/mol. The molecule has 5 rings (SSSR count). The molecule has 0 unspecified atom stereocenters. The number of carbonyl (C=O) groups is 1. The number of aromatic nitrogens is 2. The third-order valence-corrected chi connectivity index (χ3v) is 7.45. The molecule has 1 saturated heterocycles. The van der Waals surface area contributed by atoms with E-state index in [2.05, 4.69) is 28.7 Å². The smallest absolute Gasteiger partial charge is 0.169 e. The Kier molecular flexibility index (Phi) is 5.87. The summed E-state index contributed by atoms with van der Waals surface area (Å²) in [5, 5.41) is 0.399. The minimum absolute atomic E-state index is 0.0695. The molecule has 0 amide bonds. The number of halogens is 1. The predicted molar refractivity (Wildman–Crippen MR) is 129 cm³/mol. The highest BCUT2D eigenvalue weighted by Gasteiger charge is 2.28. The highest BCUT2D eigenvalue weighted by molar-refractivity contribution is 6.08. The van der Waals surface area contributed by atoms with E-state index in [1.165, 1.54) is 6.07 Å². The Balaban J connectivity index is 1.45. The van der Waals surface area contributed by atoms with E-state index < -0.39 is 0 Å². The van der Waals surface area contributed by atoms with Crippen molar-refractivity contribution in [2.45, 2.75) is 64.0 Å². The van der Waals surface area contributed by atoms with Crippen LogP contribution >= 0.6 is 0 Å². The number of rotatable bonds is 5. The number of anilines is 1. The summed E-state index contributed by atoms with van der Waals surface area (Å²) in [4.78, 5) is 24.5. The number of Topliss-reactive ketones (excluding diaryl/α,β-unsaturated/α-hetero) is 1. The molecular formula is C27H31FN4O. The van der Waals surface area contributed by atoms with E-state index in [1.807, 2.05) is 12.1 Å². The fourth-order valence-electron chi connectivity index (χ4n) is 5.62. The Morgan fingerprint density at radius 3 is 2.76 bits per heavy atom. The lowest BCUT2D eigenvalue weighted by atomic mass is 9.75. The average Bonchev–Trinajstić information content (AvgIpc) is 2.78. The molecule has 4 atom stereocenters. The maximum absolute atomic E-state index is 14.7. The van der Waals surface area contributed by atoms with Gasteiger partial charge in [-0.15, -0.1) is 0 Å². The Labute approximate surface area is 194 Å². The largest absolute Gasteiger partial charge is 0.367 e. The van der Waals surface area contributed by atoms with Crippen molar-refractivity contribution in [1.29, 1.82) is 0 Å². The fourth-order valence-corrected chi connectivity index (χ4v) is 5.62. The number of nitrogens with zero attached hydrogens (tertiary/aromatic N) is 3. The van der Waals surface area contributed by atoms with Crippen LogP contribution in [0.4, 0.5) is 10.1 Å². The van der Waals surface area contributed by atoms with Crippen LogP contribution in [-0.4, -0.2) is 34.4 Å². The summed E-state index contributed by atoms with van der Waals surface area (Å²) in [6, 6.07) is 7.41. The zero-order chi connectivity index (χ0) is 23.1. The highest BCUT2D eigenvalue weighted by Crippen LogP contribution is 2.37. The summed E-state index contributed by atoms with van der Waals surface area (Å²) in [5.74, 6) is 0.471. The van der Waals surface area contributed by atoms with Gasteiger partial charge in [-0.3, -0.25) is 14.8 Å². The molecule has 1 aromatic carbocycles. The molecule has 3 aromatic rings. The van der Waals surface area contributed by atoms with Gasteiger partial charge in [-0.2, -0.15) is 0 Å². The number of nitrogens with two attached hydrogens (primary N) is 1. The maximum Gasteiger partial charge on any atom is 0.169 e. The number of benzene rings is 1. The van der Waals surface area contributed by atoms with Crippen LogP contribution in [0.2, 0.25) is 0 Å². The third-order valence-electron chi connectivity index (χ3n) is 7.45. The molecule has 2 aromatic heterocycles. The molecule has 0 spiro atoms. The quantitative estimate of drug-likeness (QED) is 0.557. The molecule has 2 aliphatic rings. The average molecular weight is 447 g/mol. The van der Waals surface area contributed by atoms with Gasteiger partial charge in [-0.1, -0.05) is 6.92 Å². The topological polar surface area (TPSA) is 72.1 Å². The van der Waals surface area contributed by atoms with Crippen LogP contribution < -0.4 is 10.6 Å². The Hall–Kier alpha value is -2.86. The van der Waals surface area contributed by atoms with Gasteiger partial charge in [0.15, 0.2) is 5.78 Å². The molecule has 5 nitrogen and oxygen atoms in total. The van der Waals surface area contributed by atoms with Gasteiger partial charge in [0.2, 0.25) is 0 Å². The molecule has 0 bridgehead atoms. The molecule has 1 aliphatic carbocycles. The summed E-state index contributed by atoms with van der Waals surface area (Å²) >= 11 is 0. The summed E-state index contributed by atoms with van der Waals surface area (Å²) in [6.45, 7) is 5.33. The van der Waals surface area contributed by atoms with E-state index in [-0.39, 0.29) is 24.1 Å². The van der Waals surface area contributed by atoms with Crippen LogP contribution in [0.1, 0.15) is 66.9 Å². The van der Waals surface area contributed by atoms with Crippen molar-refractivity contribution in [2.75, 3.05) is 11.4 Å². The number of ketones is 1. The van der Waals surface area contributed by atoms with Crippen LogP contribution in [-0.2, 0) is 6.42 Å². The maximum atomic E-state index is 14.7. The summed E-state index contributed by atoms with van der Waals surface area (Å²) in [7, 11) is 0. The Morgan fingerprint density at radius 1 is 1.18 bits per heavy atom. The van der Waals surface area contributed by atoms with Crippen LogP contribution in [0, 0.1) is 11.7 Å². The number of hydrogen-bond donors (Lipinski definition) is 1. The second-order valence-electron chi connectivity index (χ2n) is 9.96. The second-order valence-corrected chi connectivity index (χ2v) is 9.96. The monoisotopic (exact) mass is 446 g/mol. The molecule has 2 N–H and O–H groups in total. The fraction of sp³-hybridized carbons (Fsp3) is 0.444. The molecule has 33 heavy (non-hydrogen) atoms. The molecule has 3 heterocycles. The zero-order valence-electron chi connectivity index (χ0n) is 19.3. The van der Waals surface area contributed by atoms with Gasteiger partial charge in [0, 0.05) is 48.4 Å². The van der Waals surface area contributed by atoms with Crippen LogP contribution in [0.25, 0.3) is 10.9 Å². The predicted octanol–water partition coefficient (Wildman–Crippen LogP) is 5.02. The SMILES string of the molecule is C[C@@H]1C[C@H](N)C[C@H](c2ccncc2CC(=O)c2ccc(F)c3cc(N4CC[C@@H]4C)cnc23)C1. The number of carbonyl (C=O) groups excluding carboxylic acids is 1. The van der Waals surface area contributed by atoms with Crippen molar-refractivity contribution in [1.82, 2.24) is 9.97 Å². The normalized spacial score (nSPS) is 25.2. The summed E-state index contributed by atoms with van der Waals surface area (Å²) < 4.78 is 14.7. The third kappa shape index (κ3) is 4.24. The first-order valence-electron chi connectivity index (χ1n) is 12.0. The van der Waals surface area contributed by atoms with Gasteiger partial charge >= 0.3 is 0 Å². The van der Waals surface area contributed by atoms with Crippen molar-refractivity contribution in [3.8, 4) is 0 Å². The van der Waals surface area contributed by atoms with Crippen molar-refractivity contribution < 1.29 is 9.18 Å². The minimum atomic E-state index is -0.351. The first-order valence-corrected chi connectivity index (χ1v) is 12.0. The first kappa shape index (κ1) is 22.0. The van der Waals surface area contributed by atoms with E-state index in [9.17, 15) is 9.18 Å². The van der Waals surface area contributed by atoms with E-state index in [0.717, 1.165) is 49.0 Å². The van der Waals surface area contributed by atoms with Crippen LogP contribution in [0.5, 0.6) is 0 Å². The van der Waals surface area contributed by atoms with Crippen molar-refractivity contribution in [2.24, 2.45) is 11.7 Å². The number of fused-ring (bicyclic) bond motifs is 1. The lowest BCUT2D eigenvalue weighted by Gasteiger charge is -2.40. The van der Waals surface area contributed by atoms with E-state index in [1.54, 1.807) is 24.7 Å². The van der Waals surface area contributed by atoms with Gasteiger partial charge in [0.25, 0.3) is 0 Å². The summed E-state index contributed by atoms with van der Waals surface area (Å²) in [5.41, 5.74) is 10.2. The van der Waals surface area contributed by atoms with Gasteiger partial charge in [0.05, 0.1) is 17.4 Å². The van der Waals surface area contributed by atoms with Crippen LogP contribution in [0.15, 0.2) is 42.9 Å². The van der Waals surface area contributed by atoms with E-state index >= 15 is 0 Å². The Bertz CT molecular complexity index is 1190. The number of hydrogen-bond acceptors (Lipinski definition) is 5. The highest BCUT2D eigenvalue weighted by atomic mass is 19.1. The molecule has 1 aliphatic heterocycles. The molecule has 172 valence electrons.